The lowest BCUT2D eigenvalue weighted by atomic mass is 10.0. The van der Waals surface area contributed by atoms with Crippen LogP contribution in [0.4, 0.5) is 0 Å². The van der Waals surface area contributed by atoms with Crippen molar-refractivity contribution in [3.05, 3.63) is 36.5 Å². The highest BCUT2D eigenvalue weighted by Crippen LogP contribution is 2.18. The van der Waals surface area contributed by atoms with E-state index >= 15 is 0 Å². The molecule has 0 fully saturated rings. The van der Waals surface area contributed by atoms with Crippen molar-refractivity contribution in [1.82, 2.24) is 5.32 Å². The van der Waals surface area contributed by atoms with Crippen LogP contribution in [-0.2, 0) is 14.3 Å². The SMILES string of the molecule is CCCCCCCC/C=C\CCCCCCCCCC(=O)OCCCCCCCCCCCCCC/C=C\CCCCCCCCCCCCC(=O)NC(CO)C(O)/C=C/CCCCCCCCCCCCCCCCCCC. The first kappa shape index (κ1) is 77.1. The summed E-state index contributed by atoms with van der Waals surface area (Å²) in [5.74, 6) is -0.0556. The van der Waals surface area contributed by atoms with Gasteiger partial charge in [-0.15, -0.1) is 0 Å². The van der Waals surface area contributed by atoms with Crippen LogP contribution in [0.2, 0.25) is 0 Å². The Labute approximate surface area is 494 Å². The monoisotopic (exact) mass is 1110 g/mol. The number of amides is 1. The molecule has 466 valence electrons. The van der Waals surface area contributed by atoms with Crippen LogP contribution in [0.1, 0.15) is 393 Å². The first-order chi connectivity index (χ1) is 39.0. The molecular formula is C73H139NO5. The minimum atomic E-state index is -0.847. The third-order valence-corrected chi connectivity index (χ3v) is 16.6. The van der Waals surface area contributed by atoms with Gasteiger partial charge in [0.25, 0.3) is 0 Å². The van der Waals surface area contributed by atoms with E-state index in [4.69, 9.17) is 4.74 Å². The second-order valence-electron chi connectivity index (χ2n) is 24.6. The maximum atomic E-state index is 12.5. The average Bonchev–Trinajstić information content (AvgIpc) is 3.45. The Kier molecular flexibility index (Phi) is 66.9. The molecule has 0 aromatic rings. The minimum absolute atomic E-state index is 0.0111. The molecule has 2 atom stereocenters. The zero-order valence-electron chi connectivity index (χ0n) is 53.4. The molecule has 1 amide bonds. The quantitative estimate of drug-likeness (QED) is 0.0320. The fraction of sp³-hybridized carbons (Fsp3) is 0.890. The Hall–Kier alpha value is -1.92. The standard InChI is InChI=1S/C73H139NO5/c1-3-5-7-9-11-13-15-17-19-21-30-34-37-41-45-49-53-57-61-65-71(76)70(69-75)74-72(77)66-62-58-54-50-46-42-38-35-31-28-26-24-22-23-25-27-29-32-36-40-44-48-52-56-60-64-68-79-73(78)67-63-59-55-51-47-43-39-33-20-18-16-14-12-10-8-6-4-2/h18,20,22,24,61,65,70-71,75-76H,3-17,19,21,23,25-60,62-64,66-69H2,1-2H3,(H,74,77)/b20-18-,24-22-,65-61+. The first-order valence-corrected chi connectivity index (χ1v) is 35.8. The highest BCUT2D eigenvalue weighted by Gasteiger charge is 2.18. The van der Waals surface area contributed by atoms with Gasteiger partial charge in [-0.25, -0.2) is 0 Å². The second kappa shape index (κ2) is 68.6. The smallest absolute Gasteiger partial charge is 0.305 e. The van der Waals surface area contributed by atoms with Crippen molar-refractivity contribution in [3.8, 4) is 0 Å². The van der Waals surface area contributed by atoms with Crippen molar-refractivity contribution in [1.29, 1.82) is 0 Å². The molecule has 79 heavy (non-hydrogen) atoms. The Bertz CT molecular complexity index is 1280. The molecule has 0 bridgehead atoms. The van der Waals surface area contributed by atoms with Gasteiger partial charge < -0.3 is 20.3 Å². The summed E-state index contributed by atoms with van der Waals surface area (Å²) >= 11 is 0. The Morgan fingerprint density at radius 3 is 0.899 bits per heavy atom. The predicted molar refractivity (Wildman–Crippen MR) is 347 cm³/mol. The van der Waals surface area contributed by atoms with E-state index in [1.807, 2.05) is 6.08 Å². The number of aliphatic hydroxyl groups excluding tert-OH is 2. The molecule has 0 aliphatic rings. The Morgan fingerprint density at radius 2 is 0.595 bits per heavy atom. The van der Waals surface area contributed by atoms with Gasteiger partial charge in [0.1, 0.15) is 0 Å². The summed E-state index contributed by atoms with van der Waals surface area (Å²) < 4.78 is 5.50. The van der Waals surface area contributed by atoms with Gasteiger partial charge in [-0.1, -0.05) is 333 Å². The lowest BCUT2D eigenvalue weighted by Crippen LogP contribution is -2.45. The number of hydrogen-bond acceptors (Lipinski definition) is 5. The number of hydrogen-bond donors (Lipinski definition) is 3. The zero-order valence-corrected chi connectivity index (χ0v) is 53.4. The average molecular weight is 1110 g/mol. The molecule has 0 aliphatic carbocycles. The van der Waals surface area contributed by atoms with Crippen molar-refractivity contribution >= 4 is 11.9 Å². The number of esters is 1. The first-order valence-electron chi connectivity index (χ1n) is 35.8. The molecule has 0 heterocycles. The van der Waals surface area contributed by atoms with Gasteiger partial charge in [0.05, 0.1) is 25.4 Å². The summed E-state index contributed by atoms with van der Waals surface area (Å²) in [6.07, 6.45) is 87.9. The van der Waals surface area contributed by atoms with Gasteiger partial charge >= 0.3 is 5.97 Å². The molecule has 0 saturated heterocycles. The number of rotatable bonds is 67. The molecule has 0 radical (unpaired) electrons. The number of ether oxygens (including phenoxy) is 1. The van der Waals surface area contributed by atoms with Crippen LogP contribution in [0.25, 0.3) is 0 Å². The van der Waals surface area contributed by atoms with Gasteiger partial charge in [-0.3, -0.25) is 9.59 Å². The summed E-state index contributed by atoms with van der Waals surface area (Å²) in [5, 5.41) is 23.2. The maximum absolute atomic E-state index is 12.5. The van der Waals surface area contributed by atoms with Gasteiger partial charge in [0, 0.05) is 12.8 Å². The van der Waals surface area contributed by atoms with E-state index in [0.29, 0.717) is 19.4 Å². The minimum Gasteiger partial charge on any atom is -0.466 e. The number of allylic oxidation sites excluding steroid dienone is 5. The van der Waals surface area contributed by atoms with Crippen LogP contribution in [0.5, 0.6) is 0 Å². The summed E-state index contributed by atoms with van der Waals surface area (Å²) in [7, 11) is 0. The third kappa shape index (κ3) is 65.1. The molecule has 0 spiro atoms. The van der Waals surface area contributed by atoms with Gasteiger partial charge in [-0.05, 0) is 83.5 Å². The zero-order chi connectivity index (χ0) is 57.1. The van der Waals surface area contributed by atoms with E-state index in [1.54, 1.807) is 6.08 Å². The van der Waals surface area contributed by atoms with Crippen LogP contribution in [0, 0.1) is 0 Å². The number of nitrogens with one attached hydrogen (secondary N) is 1. The summed E-state index contributed by atoms with van der Waals surface area (Å²) in [6.45, 7) is 4.93. The lowest BCUT2D eigenvalue weighted by molar-refractivity contribution is -0.143. The molecule has 0 rings (SSSR count). The summed E-state index contributed by atoms with van der Waals surface area (Å²) in [5.41, 5.74) is 0. The van der Waals surface area contributed by atoms with E-state index in [2.05, 4.69) is 43.5 Å². The van der Waals surface area contributed by atoms with Crippen molar-refractivity contribution in [3.63, 3.8) is 0 Å². The van der Waals surface area contributed by atoms with E-state index in [9.17, 15) is 19.8 Å². The topological polar surface area (TPSA) is 95.9 Å². The molecular weight excluding hydrogens is 971 g/mol. The van der Waals surface area contributed by atoms with Crippen LogP contribution in [-0.4, -0.2) is 47.4 Å². The molecule has 0 aromatic heterocycles. The van der Waals surface area contributed by atoms with Crippen molar-refractivity contribution in [2.45, 2.75) is 405 Å². The lowest BCUT2D eigenvalue weighted by Gasteiger charge is -2.20. The van der Waals surface area contributed by atoms with E-state index in [0.717, 1.165) is 44.9 Å². The highest BCUT2D eigenvalue weighted by atomic mass is 16.5. The summed E-state index contributed by atoms with van der Waals surface area (Å²) in [4.78, 5) is 24.6. The number of unbranched alkanes of at least 4 members (excludes halogenated alkanes) is 52. The predicted octanol–water partition coefficient (Wildman–Crippen LogP) is 23.1. The van der Waals surface area contributed by atoms with Gasteiger partial charge in [-0.2, -0.15) is 0 Å². The fourth-order valence-electron chi connectivity index (χ4n) is 11.2. The molecule has 0 aromatic carbocycles. The van der Waals surface area contributed by atoms with Gasteiger partial charge in [0.15, 0.2) is 0 Å². The van der Waals surface area contributed by atoms with Crippen LogP contribution in [0.15, 0.2) is 36.5 Å². The maximum Gasteiger partial charge on any atom is 0.305 e. The van der Waals surface area contributed by atoms with E-state index in [-0.39, 0.29) is 18.5 Å². The van der Waals surface area contributed by atoms with Crippen molar-refractivity contribution in [2.75, 3.05) is 13.2 Å². The normalized spacial score (nSPS) is 12.7. The van der Waals surface area contributed by atoms with Crippen molar-refractivity contribution < 1.29 is 24.5 Å². The largest absolute Gasteiger partial charge is 0.466 e. The number of carbonyl (C=O) groups is 2. The Balaban J connectivity index is 3.41. The molecule has 0 aliphatic heterocycles. The Morgan fingerprint density at radius 1 is 0.342 bits per heavy atom. The van der Waals surface area contributed by atoms with Crippen molar-refractivity contribution in [2.24, 2.45) is 0 Å². The third-order valence-electron chi connectivity index (χ3n) is 16.6. The highest BCUT2D eigenvalue weighted by molar-refractivity contribution is 5.76. The summed E-state index contributed by atoms with van der Waals surface area (Å²) in [6, 6.07) is -0.630. The molecule has 6 heteroatoms. The molecule has 2 unspecified atom stereocenters. The molecule has 3 N–H and O–H groups in total. The van der Waals surface area contributed by atoms with Crippen LogP contribution in [0.3, 0.4) is 0 Å². The van der Waals surface area contributed by atoms with Gasteiger partial charge in [0.2, 0.25) is 5.91 Å². The number of carbonyl (C=O) groups excluding carboxylic acids is 2. The van der Waals surface area contributed by atoms with E-state index in [1.165, 1.54) is 321 Å². The van der Waals surface area contributed by atoms with E-state index < -0.39 is 12.1 Å². The van der Waals surface area contributed by atoms with Crippen LogP contribution < -0.4 is 5.32 Å². The van der Waals surface area contributed by atoms with Crippen LogP contribution >= 0.6 is 0 Å². The fourth-order valence-corrected chi connectivity index (χ4v) is 11.2. The molecule has 6 nitrogen and oxygen atoms in total. The second-order valence-corrected chi connectivity index (χ2v) is 24.6. The number of aliphatic hydroxyl groups is 2. The molecule has 0 saturated carbocycles.